The van der Waals surface area contributed by atoms with Gasteiger partial charge in [0.1, 0.15) is 12.3 Å². The summed E-state index contributed by atoms with van der Waals surface area (Å²) in [4.78, 5) is 9.36. The average molecular weight is 393 g/mol. The minimum absolute atomic E-state index is 0.582. The Hall–Kier alpha value is -2.30. The van der Waals surface area contributed by atoms with Crippen LogP contribution in [0.4, 0.5) is 0 Å². The van der Waals surface area contributed by atoms with E-state index in [1.807, 2.05) is 0 Å². The normalized spacial score (nSPS) is 11.9. The predicted octanol–water partition coefficient (Wildman–Crippen LogP) is 5.67. The summed E-state index contributed by atoms with van der Waals surface area (Å²) < 4.78 is 0. The number of nitrogens with zero attached hydrogens (tertiary/aromatic N) is 2. The molecule has 0 aliphatic rings. The summed E-state index contributed by atoms with van der Waals surface area (Å²) in [5.74, 6) is 0. The zero-order valence-electron chi connectivity index (χ0n) is 16.9. The van der Waals surface area contributed by atoms with Gasteiger partial charge in [-0.2, -0.15) is 0 Å². The second-order valence-electron chi connectivity index (χ2n) is 6.56. The molecule has 0 spiro atoms. The van der Waals surface area contributed by atoms with Crippen molar-refractivity contribution in [1.29, 1.82) is 0 Å². The number of likely N-dealkylation sites (N-methyl/N-ethyl adjacent to an activating group) is 1. The first-order chi connectivity index (χ1) is 13.8. The maximum absolute atomic E-state index is 5.79. The molecule has 3 aromatic carbocycles. The van der Waals surface area contributed by atoms with E-state index < -0.39 is 0 Å². The van der Waals surface area contributed by atoms with Gasteiger partial charge in [-0.15, -0.1) is 11.8 Å². The molecule has 0 fully saturated rings. The number of hydrogen-bond acceptors (Lipinski definition) is 4. The van der Waals surface area contributed by atoms with Crippen LogP contribution in [0.15, 0.2) is 76.8 Å². The minimum atomic E-state index is 0.582. The fourth-order valence-electron chi connectivity index (χ4n) is 3.26. The highest BCUT2D eigenvalue weighted by Gasteiger charge is 2.12. The molecule has 0 heterocycles. The van der Waals surface area contributed by atoms with Crippen molar-refractivity contribution in [3.63, 3.8) is 0 Å². The maximum Gasteiger partial charge on any atom is 0.129 e. The van der Waals surface area contributed by atoms with Gasteiger partial charge in [0.15, 0.2) is 0 Å². The fraction of sp³-hybridized carbons (Fsp3) is 0.292. The predicted molar refractivity (Wildman–Crippen MR) is 122 cm³/mol. The van der Waals surface area contributed by atoms with Crippen molar-refractivity contribution >= 4 is 28.2 Å². The van der Waals surface area contributed by atoms with Crippen LogP contribution >= 0.6 is 11.8 Å². The van der Waals surface area contributed by atoms with Crippen LogP contribution in [0.2, 0.25) is 0 Å². The zero-order valence-corrected chi connectivity index (χ0v) is 17.7. The van der Waals surface area contributed by atoms with Gasteiger partial charge in [-0.3, -0.25) is 0 Å². The molecule has 0 amide bonds. The molecule has 0 bridgehead atoms. The third-order valence-electron chi connectivity index (χ3n) is 4.96. The van der Waals surface area contributed by atoms with Crippen molar-refractivity contribution in [2.75, 3.05) is 32.5 Å². The molecule has 4 heteroatoms. The Labute approximate surface area is 172 Å². The average Bonchev–Trinajstić information content (AvgIpc) is 2.76. The van der Waals surface area contributed by atoms with Crippen LogP contribution in [0, 0.1) is 0 Å². The molecule has 0 radical (unpaired) electrons. The van der Waals surface area contributed by atoms with E-state index >= 15 is 0 Å². The van der Waals surface area contributed by atoms with Gasteiger partial charge in [0, 0.05) is 22.6 Å². The quantitative estimate of drug-likeness (QED) is 0.203. The number of rotatable bonds is 9. The largest absolute Gasteiger partial charge is 0.394 e. The van der Waals surface area contributed by atoms with Gasteiger partial charge < -0.3 is 9.74 Å². The highest BCUT2D eigenvalue weighted by atomic mass is 32.2. The molecule has 3 aromatic rings. The molecule has 28 heavy (non-hydrogen) atoms. The zero-order chi connectivity index (χ0) is 19.8. The molecule has 146 valence electrons. The summed E-state index contributed by atoms with van der Waals surface area (Å²) >= 11 is 1.74. The smallest absolute Gasteiger partial charge is 0.129 e. The number of fused-ring (bicyclic) bond motifs is 1. The highest BCUT2D eigenvalue weighted by Crippen LogP contribution is 2.23. The van der Waals surface area contributed by atoms with Gasteiger partial charge in [-0.05, 0) is 42.3 Å². The van der Waals surface area contributed by atoms with Crippen molar-refractivity contribution < 1.29 is 4.84 Å². The minimum Gasteiger partial charge on any atom is -0.394 e. The van der Waals surface area contributed by atoms with Crippen LogP contribution in [0.1, 0.15) is 25.0 Å². The lowest BCUT2D eigenvalue weighted by Gasteiger charge is -2.17. The van der Waals surface area contributed by atoms with Crippen LogP contribution in [-0.2, 0) is 4.84 Å². The third kappa shape index (κ3) is 4.94. The number of oxime groups is 1. The van der Waals surface area contributed by atoms with E-state index in [1.165, 1.54) is 15.7 Å². The third-order valence-corrected chi connectivity index (χ3v) is 5.70. The molecule has 0 N–H and O–H groups in total. The van der Waals surface area contributed by atoms with E-state index in [9.17, 15) is 0 Å². The highest BCUT2D eigenvalue weighted by molar-refractivity contribution is 7.98. The van der Waals surface area contributed by atoms with Gasteiger partial charge in [-0.25, -0.2) is 0 Å². The van der Waals surface area contributed by atoms with Gasteiger partial charge in [0.2, 0.25) is 0 Å². The lowest BCUT2D eigenvalue weighted by Crippen LogP contribution is -2.26. The molecule has 0 aliphatic heterocycles. The molecule has 0 saturated heterocycles. The lowest BCUT2D eigenvalue weighted by molar-refractivity contribution is 0.114. The standard InChI is InChI=1S/C24H28N2OS/c1-4-26(5-2)17-18-27-25-24(20-13-15-21(28-3)16-14-20)23-12-8-10-19-9-6-7-11-22(19)23/h6-16H,4-5,17-18H2,1-3H3/b25-24-. The van der Waals surface area contributed by atoms with Gasteiger partial charge in [-0.1, -0.05) is 73.6 Å². The molecule has 0 aliphatic carbocycles. The maximum atomic E-state index is 5.79. The van der Waals surface area contributed by atoms with E-state index in [0.29, 0.717) is 6.61 Å². The van der Waals surface area contributed by atoms with E-state index in [2.05, 4.69) is 96.9 Å². The Bertz CT molecular complexity index is 912. The van der Waals surface area contributed by atoms with Gasteiger partial charge >= 0.3 is 0 Å². The monoisotopic (exact) mass is 392 g/mol. The van der Waals surface area contributed by atoms with Crippen molar-refractivity contribution in [3.8, 4) is 0 Å². The second kappa shape index (κ2) is 10.3. The fourth-order valence-corrected chi connectivity index (χ4v) is 3.67. The SMILES string of the molecule is CCN(CC)CCO/N=C(/c1ccc(SC)cc1)c1cccc2ccccc12. The van der Waals surface area contributed by atoms with Crippen LogP contribution in [0.25, 0.3) is 10.8 Å². The van der Waals surface area contributed by atoms with Crippen molar-refractivity contribution in [1.82, 2.24) is 4.90 Å². The van der Waals surface area contributed by atoms with Crippen molar-refractivity contribution in [2.45, 2.75) is 18.7 Å². The summed E-state index contributed by atoms with van der Waals surface area (Å²) in [7, 11) is 0. The summed E-state index contributed by atoms with van der Waals surface area (Å²) in [6, 6.07) is 23.3. The van der Waals surface area contributed by atoms with Crippen LogP contribution < -0.4 is 0 Å². The molecular weight excluding hydrogens is 364 g/mol. The molecule has 0 unspecified atom stereocenters. The second-order valence-corrected chi connectivity index (χ2v) is 7.43. The molecule has 0 saturated carbocycles. The summed E-state index contributed by atoms with van der Waals surface area (Å²) in [6.07, 6.45) is 2.09. The van der Waals surface area contributed by atoms with Crippen molar-refractivity contribution in [2.24, 2.45) is 5.16 Å². The van der Waals surface area contributed by atoms with Gasteiger partial charge in [0.05, 0.1) is 0 Å². The Balaban J connectivity index is 1.95. The summed E-state index contributed by atoms with van der Waals surface area (Å²) in [5, 5.41) is 6.98. The number of thioether (sulfide) groups is 1. The Morgan fingerprint density at radius 3 is 2.36 bits per heavy atom. The van der Waals surface area contributed by atoms with E-state index in [4.69, 9.17) is 4.84 Å². The number of hydrogen-bond donors (Lipinski definition) is 0. The Morgan fingerprint density at radius 2 is 1.64 bits per heavy atom. The Morgan fingerprint density at radius 1 is 0.929 bits per heavy atom. The van der Waals surface area contributed by atoms with Crippen LogP contribution in [0.3, 0.4) is 0 Å². The molecule has 0 atom stereocenters. The van der Waals surface area contributed by atoms with E-state index in [-0.39, 0.29) is 0 Å². The van der Waals surface area contributed by atoms with Crippen LogP contribution in [-0.4, -0.2) is 43.1 Å². The Kier molecular flexibility index (Phi) is 7.52. The first-order valence-electron chi connectivity index (χ1n) is 9.81. The van der Waals surface area contributed by atoms with Crippen LogP contribution in [0.5, 0.6) is 0 Å². The number of benzene rings is 3. The summed E-state index contributed by atoms with van der Waals surface area (Å²) in [5.41, 5.74) is 3.04. The van der Waals surface area contributed by atoms with Gasteiger partial charge in [0.25, 0.3) is 0 Å². The van der Waals surface area contributed by atoms with Crippen molar-refractivity contribution in [3.05, 3.63) is 77.9 Å². The first kappa shape index (κ1) is 20.4. The molecule has 3 rings (SSSR count). The molecule has 0 aromatic heterocycles. The summed E-state index contributed by atoms with van der Waals surface area (Å²) in [6.45, 7) is 7.85. The first-order valence-corrected chi connectivity index (χ1v) is 11.0. The topological polar surface area (TPSA) is 24.8 Å². The van der Waals surface area contributed by atoms with E-state index in [1.54, 1.807) is 11.8 Å². The molecular formula is C24H28N2OS. The molecule has 3 nitrogen and oxygen atoms in total. The van der Waals surface area contributed by atoms with E-state index in [0.717, 1.165) is 36.5 Å². The lowest BCUT2D eigenvalue weighted by atomic mass is 9.97.